The van der Waals surface area contributed by atoms with E-state index in [1.807, 2.05) is 0 Å². The highest BCUT2D eigenvalue weighted by Crippen LogP contribution is 2.03. The zero-order chi connectivity index (χ0) is 8.58. The van der Waals surface area contributed by atoms with E-state index in [0.29, 0.717) is 6.92 Å². The van der Waals surface area contributed by atoms with Gasteiger partial charge >= 0.3 is 1.43 Å². The largest absolute Gasteiger partial charge is 1.00 e. The van der Waals surface area contributed by atoms with Crippen LogP contribution < -0.4 is 6.15 Å². The van der Waals surface area contributed by atoms with Gasteiger partial charge in [0.2, 0.25) is 0 Å². The third-order valence-electron chi connectivity index (χ3n) is 0.826. The molecule has 0 aliphatic heterocycles. The molecule has 7 nitrogen and oxygen atoms in total. The van der Waals surface area contributed by atoms with Crippen molar-refractivity contribution in [2.45, 2.75) is 11.5 Å². The van der Waals surface area contributed by atoms with Gasteiger partial charge in [-0.1, -0.05) is 0 Å². The van der Waals surface area contributed by atoms with Crippen LogP contribution in [-0.4, -0.2) is 30.5 Å². The summed E-state index contributed by atoms with van der Waals surface area (Å²) in [4.78, 5) is 0. The maximum Gasteiger partial charge on any atom is 1.00 e. The molecule has 0 aromatic rings. The van der Waals surface area contributed by atoms with Crippen molar-refractivity contribution in [2.24, 2.45) is 0 Å². The zero-order valence-corrected chi connectivity index (χ0v) is 7.22. The summed E-state index contributed by atoms with van der Waals surface area (Å²) in [5.74, 6) is 0. The fourth-order valence-electron chi connectivity index (χ4n) is 0.149. The molecule has 4 N–H and O–H groups in total. The molecule has 0 aliphatic carbocycles. The molecule has 0 fully saturated rings. The molecular weight excluding hydrogens is 198 g/mol. The van der Waals surface area contributed by atoms with Gasteiger partial charge in [0.25, 0.3) is 10.1 Å². The average molecular weight is 207 g/mol. The summed E-state index contributed by atoms with van der Waals surface area (Å²) in [5.41, 5.74) is 0. The molecule has 0 spiro atoms. The Morgan fingerprint density at radius 2 is 1.64 bits per heavy atom. The first kappa shape index (κ1) is 13.4. The van der Waals surface area contributed by atoms with Crippen LogP contribution >= 0.6 is 0 Å². The standard InChI is InChI=1S/C2H6O6S2.H3N/c1-2(9(3,4)5)10(6,7)8;/h2H,1H3,(H,3,4,5)(H,6,7,8);1H3. The van der Waals surface area contributed by atoms with Crippen LogP contribution in [0.4, 0.5) is 0 Å². The molecule has 0 amide bonds. The summed E-state index contributed by atoms with van der Waals surface area (Å²) in [6, 6.07) is 0. The fraction of sp³-hybridized carbons (Fsp3) is 1.00. The van der Waals surface area contributed by atoms with Crippen molar-refractivity contribution in [1.29, 1.82) is 0 Å². The number of hydrogen-bond donors (Lipinski definition) is 2. The van der Waals surface area contributed by atoms with Gasteiger partial charge in [-0.2, -0.15) is 8.42 Å². The average Bonchev–Trinajstić information content (AvgIpc) is 1.59. The van der Waals surface area contributed by atoms with E-state index in [9.17, 15) is 21.4 Å². The minimum atomic E-state index is -4.95. The molecule has 0 aromatic heterocycles. The fourth-order valence-corrected chi connectivity index (χ4v) is 1.34. The smallest absolute Gasteiger partial charge is 0.747 e. The van der Waals surface area contributed by atoms with Crippen molar-refractivity contribution >= 4 is 20.2 Å². The Balaban J connectivity index is -0.000000405. The normalized spacial score (nSPS) is 15.2. The molecule has 0 heterocycles. The van der Waals surface area contributed by atoms with E-state index in [4.69, 9.17) is 4.55 Å². The predicted octanol–water partition coefficient (Wildman–Crippen LogP) is -0.960. The maximum atomic E-state index is 9.95. The lowest BCUT2D eigenvalue weighted by molar-refractivity contribution is 0.446. The Bertz CT molecular complexity index is 272. The Morgan fingerprint density at radius 1 is 1.36 bits per heavy atom. The Hall–Kier alpha value is -0.220. The molecule has 0 bridgehead atoms. The van der Waals surface area contributed by atoms with Crippen LogP contribution in [0.15, 0.2) is 0 Å². The molecule has 0 saturated heterocycles. The minimum absolute atomic E-state index is 0. The quantitative estimate of drug-likeness (QED) is 0.554. The first-order valence-electron chi connectivity index (χ1n) is 2.06. The lowest BCUT2D eigenvalue weighted by Crippen LogP contribution is -2.26. The Labute approximate surface area is 66.0 Å². The van der Waals surface area contributed by atoms with Crippen LogP contribution in [0.25, 0.3) is 0 Å². The highest BCUT2D eigenvalue weighted by molar-refractivity contribution is 8.03. The summed E-state index contributed by atoms with van der Waals surface area (Å²) in [6.07, 6.45) is 0. The topological polar surface area (TPSA) is 147 Å². The monoisotopic (exact) mass is 207 g/mol. The van der Waals surface area contributed by atoms with E-state index in [1.54, 1.807) is 0 Å². The van der Waals surface area contributed by atoms with Gasteiger partial charge in [0.05, 0.1) is 0 Å². The number of hydrogen-bond acceptors (Lipinski definition) is 6. The summed E-state index contributed by atoms with van der Waals surface area (Å²) < 4.78 is 55.3. The Kier molecular flexibility index (Phi) is 4.20. The van der Waals surface area contributed by atoms with Crippen LogP contribution in [0.2, 0.25) is 0 Å². The van der Waals surface area contributed by atoms with Gasteiger partial charge in [-0.05, 0) is 6.92 Å². The van der Waals surface area contributed by atoms with E-state index < -0.39 is 24.8 Å². The van der Waals surface area contributed by atoms with Gasteiger partial charge in [0, 0.05) is 0 Å². The van der Waals surface area contributed by atoms with Crippen LogP contribution in [0.1, 0.15) is 8.35 Å². The van der Waals surface area contributed by atoms with Crippen molar-refractivity contribution in [3.63, 3.8) is 0 Å². The van der Waals surface area contributed by atoms with Crippen molar-refractivity contribution in [3.8, 4) is 0 Å². The van der Waals surface area contributed by atoms with Gasteiger partial charge in [-0.25, -0.2) is 8.42 Å². The molecule has 0 aromatic carbocycles. The van der Waals surface area contributed by atoms with Crippen molar-refractivity contribution < 1.29 is 27.4 Å². The van der Waals surface area contributed by atoms with E-state index in [1.165, 1.54) is 0 Å². The molecule has 70 valence electrons. The summed E-state index contributed by atoms with van der Waals surface area (Å²) in [7, 11) is -9.71. The predicted molar refractivity (Wildman–Crippen MR) is 36.8 cm³/mol. The van der Waals surface area contributed by atoms with Gasteiger partial charge in [-0.3, -0.25) is 4.55 Å². The number of rotatable bonds is 2. The van der Waals surface area contributed by atoms with Crippen LogP contribution in [-0.2, 0) is 20.2 Å². The first-order chi connectivity index (χ1) is 4.15. The molecule has 1 unspecified atom stereocenters. The van der Waals surface area contributed by atoms with E-state index in [0.717, 1.165) is 0 Å². The third kappa shape index (κ3) is 4.27. The second-order valence-electron chi connectivity index (χ2n) is 1.58. The molecule has 1 atom stereocenters. The van der Waals surface area contributed by atoms with Gasteiger partial charge in [0.15, 0.2) is 4.58 Å². The van der Waals surface area contributed by atoms with Gasteiger partial charge in [0.1, 0.15) is 10.1 Å². The molecule has 0 rings (SSSR count). The van der Waals surface area contributed by atoms with Crippen molar-refractivity contribution in [1.82, 2.24) is 6.15 Å². The SMILES string of the molecule is CC(S(=O)(=O)[O-])S(=O)(=O)O.N.[H+]. The summed E-state index contributed by atoms with van der Waals surface area (Å²) >= 11 is 0. The van der Waals surface area contributed by atoms with Crippen molar-refractivity contribution in [3.05, 3.63) is 0 Å². The molecule has 0 radical (unpaired) electrons. The van der Waals surface area contributed by atoms with Crippen molar-refractivity contribution in [2.75, 3.05) is 0 Å². The highest BCUT2D eigenvalue weighted by Gasteiger charge is 2.23. The molecule has 11 heavy (non-hydrogen) atoms. The van der Waals surface area contributed by atoms with E-state index >= 15 is 0 Å². The molecule has 0 aliphatic rings. The second kappa shape index (κ2) is 3.45. The first-order valence-corrected chi connectivity index (χ1v) is 5.04. The zero-order valence-electron chi connectivity index (χ0n) is 6.59. The molecule has 0 saturated carbocycles. The molecular formula is C2H9NO6S2. The van der Waals surface area contributed by atoms with E-state index in [2.05, 4.69) is 0 Å². The van der Waals surface area contributed by atoms with Gasteiger partial charge < -0.3 is 10.7 Å². The van der Waals surface area contributed by atoms with Crippen LogP contribution in [0.3, 0.4) is 0 Å². The van der Waals surface area contributed by atoms with Gasteiger partial charge in [-0.15, -0.1) is 0 Å². The third-order valence-corrected chi connectivity index (χ3v) is 3.91. The van der Waals surface area contributed by atoms with Crippen LogP contribution in [0, 0.1) is 0 Å². The second-order valence-corrected chi connectivity index (χ2v) is 5.30. The molecule has 9 heteroatoms. The maximum absolute atomic E-state index is 9.95. The lowest BCUT2D eigenvalue weighted by atomic mass is 11.0. The highest BCUT2D eigenvalue weighted by atomic mass is 32.3. The summed E-state index contributed by atoms with van der Waals surface area (Å²) in [6.45, 7) is 0.595. The van der Waals surface area contributed by atoms with Crippen LogP contribution in [0.5, 0.6) is 0 Å². The summed E-state index contributed by atoms with van der Waals surface area (Å²) in [5, 5.41) is 0. The minimum Gasteiger partial charge on any atom is -0.747 e. The lowest BCUT2D eigenvalue weighted by Gasteiger charge is -2.11. The van der Waals surface area contributed by atoms with E-state index in [-0.39, 0.29) is 7.58 Å². The Morgan fingerprint density at radius 3 is 1.64 bits per heavy atom.